The molecule has 0 aromatic heterocycles. The summed E-state index contributed by atoms with van der Waals surface area (Å²) in [6.45, 7) is 9.53. The molecule has 0 aliphatic carbocycles. The van der Waals surface area contributed by atoms with Crippen LogP contribution in [0.2, 0.25) is 0 Å². The summed E-state index contributed by atoms with van der Waals surface area (Å²) in [6, 6.07) is 0. The van der Waals surface area contributed by atoms with Crippen molar-refractivity contribution < 1.29 is 0 Å². The van der Waals surface area contributed by atoms with Crippen LogP contribution in [0.1, 0.15) is 58.8 Å². The topological polar surface area (TPSA) is 24.1 Å². The third-order valence-corrected chi connectivity index (χ3v) is 3.72. The van der Waals surface area contributed by atoms with Crippen LogP contribution in [0, 0.1) is 11.8 Å². The Morgan fingerprint density at radius 2 is 2.00 bits per heavy atom. The maximum Gasteiger partial charge on any atom is -0.000837 e. The SMILES string of the molecule is CC(C)CCCCCCNC[C@H]1CCCNC1. The molecule has 102 valence electrons. The molecule has 0 aromatic carbocycles. The van der Waals surface area contributed by atoms with Crippen LogP contribution in [0.15, 0.2) is 0 Å². The fraction of sp³-hybridized carbons (Fsp3) is 1.00. The van der Waals surface area contributed by atoms with Gasteiger partial charge in [-0.1, -0.05) is 39.5 Å². The highest BCUT2D eigenvalue weighted by Crippen LogP contribution is 2.10. The number of unbranched alkanes of at least 4 members (excludes halogenated alkanes) is 3. The zero-order valence-corrected chi connectivity index (χ0v) is 11.9. The van der Waals surface area contributed by atoms with Gasteiger partial charge in [0.25, 0.3) is 0 Å². The Morgan fingerprint density at radius 3 is 2.71 bits per heavy atom. The first-order valence-electron chi connectivity index (χ1n) is 7.70. The van der Waals surface area contributed by atoms with E-state index in [-0.39, 0.29) is 0 Å². The van der Waals surface area contributed by atoms with Crippen LogP contribution in [0.25, 0.3) is 0 Å². The van der Waals surface area contributed by atoms with Gasteiger partial charge in [-0.05, 0) is 57.3 Å². The van der Waals surface area contributed by atoms with E-state index in [4.69, 9.17) is 0 Å². The molecule has 0 amide bonds. The largest absolute Gasteiger partial charge is 0.316 e. The molecule has 2 N–H and O–H groups in total. The zero-order chi connectivity index (χ0) is 12.3. The summed E-state index contributed by atoms with van der Waals surface area (Å²) in [7, 11) is 0. The van der Waals surface area contributed by atoms with Crippen LogP contribution < -0.4 is 10.6 Å². The molecule has 1 atom stereocenters. The second-order valence-electron chi connectivity index (χ2n) is 6.01. The van der Waals surface area contributed by atoms with Gasteiger partial charge < -0.3 is 10.6 Å². The van der Waals surface area contributed by atoms with Crippen molar-refractivity contribution in [3.05, 3.63) is 0 Å². The van der Waals surface area contributed by atoms with Crippen LogP contribution >= 0.6 is 0 Å². The fourth-order valence-electron chi connectivity index (χ4n) is 2.56. The van der Waals surface area contributed by atoms with E-state index in [1.807, 2.05) is 0 Å². The van der Waals surface area contributed by atoms with Crippen LogP contribution in [0.4, 0.5) is 0 Å². The summed E-state index contributed by atoms with van der Waals surface area (Å²) in [5, 5.41) is 7.09. The Balaban J connectivity index is 1.78. The first-order valence-corrected chi connectivity index (χ1v) is 7.70. The monoisotopic (exact) mass is 240 g/mol. The van der Waals surface area contributed by atoms with Gasteiger partial charge in [-0.15, -0.1) is 0 Å². The minimum absolute atomic E-state index is 0.879. The second-order valence-corrected chi connectivity index (χ2v) is 6.01. The molecule has 17 heavy (non-hydrogen) atoms. The summed E-state index contributed by atoms with van der Waals surface area (Å²) in [6.07, 6.45) is 9.78. The lowest BCUT2D eigenvalue weighted by Gasteiger charge is -2.22. The normalized spacial score (nSPS) is 21.0. The van der Waals surface area contributed by atoms with Crippen molar-refractivity contribution in [2.75, 3.05) is 26.2 Å². The van der Waals surface area contributed by atoms with Crippen LogP contribution in [-0.2, 0) is 0 Å². The fourth-order valence-corrected chi connectivity index (χ4v) is 2.56. The van der Waals surface area contributed by atoms with Crippen molar-refractivity contribution in [2.24, 2.45) is 11.8 Å². The molecule has 0 radical (unpaired) electrons. The van der Waals surface area contributed by atoms with Gasteiger partial charge >= 0.3 is 0 Å². The van der Waals surface area contributed by atoms with E-state index < -0.39 is 0 Å². The Hall–Kier alpha value is -0.0800. The van der Waals surface area contributed by atoms with Gasteiger partial charge in [-0.2, -0.15) is 0 Å². The van der Waals surface area contributed by atoms with Gasteiger partial charge in [-0.25, -0.2) is 0 Å². The van der Waals surface area contributed by atoms with Crippen molar-refractivity contribution in [1.82, 2.24) is 10.6 Å². The summed E-state index contributed by atoms with van der Waals surface area (Å²) < 4.78 is 0. The average Bonchev–Trinajstić information content (AvgIpc) is 2.33. The lowest BCUT2D eigenvalue weighted by atomic mass is 10.00. The predicted octanol–water partition coefficient (Wildman–Crippen LogP) is 3.18. The molecule has 1 rings (SSSR count). The summed E-state index contributed by atoms with van der Waals surface area (Å²) >= 11 is 0. The number of nitrogens with one attached hydrogen (secondary N) is 2. The highest BCUT2D eigenvalue weighted by atomic mass is 14.9. The molecular weight excluding hydrogens is 208 g/mol. The van der Waals surface area contributed by atoms with Gasteiger partial charge in [-0.3, -0.25) is 0 Å². The first-order chi connectivity index (χ1) is 8.29. The zero-order valence-electron chi connectivity index (χ0n) is 11.9. The molecular formula is C15H32N2. The smallest absolute Gasteiger partial charge is 0.000837 e. The first kappa shape index (κ1) is 15.0. The predicted molar refractivity (Wildman–Crippen MR) is 76.4 cm³/mol. The highest BCUT2D eigenvalue weighted by Gasteiger charge is 2.11. The van der Waals surface area contributed by atoms with E-state index in [0.29, 0.717) is 0 Å². The molecule has 1 aliphatic heterocycles. The molecule has 2 heteroatoms. The van der Waals surface area contributed by atoms with Crippen molar-refractivity contribution in [3.8, 4) is 0 Å². The van der Waals surface area contributed by atoms with Crippen molar-refractivity contribution in [2.45, 2.75) is 58.8 Å². The van der Waals surface area contributed by atoms with Crippen LogP contribution in [0.3, 0.4) is 0 Å². The second kappa shape index (κ2) is 9.90. The van der Waals surface area contributed by atoms with Crippen molar-refractivity contribution in [3.63, 3.8) is 0 Å². The lowest BCUT2D eigenvalue weighted by Crippen LogP contribution is -2.36. The maximum absolute atomic E-state index is 3.61. The van der Waals surface area contributed by atoms with E-state index in [0.717, 1.165) is 11.8 Å². The van der Waals surface area contributed by atoms with Crippen LogP contribution in [-0.4, -0.2) is 26.2 Å². The molecule has 0 saturated carbocycles. The molecule has 0 spiro atoms. The van der Waals surface area contributed by atoms with Gasteiger partial charge in [0.2, 0.25) is 0 Å². The quantitative estimate of drug-likeness (QED) is 0.605. The maximum atomic E-state index is 3.61. The summed E-state index contributed by atoms with van der Waals surface area (Å²) in [5.74, 6) is 1.76. The molecule has 1 saturated heterocycles. The Morgan fingerprint density at radius 1 is 1.18 bits per heavy atom. The number of rotatable bonds is 9. The van der Waals surface area contributed by atoms with E-state index >= 15 is 0 Å². The lowest BCUT2D eigenvalue weighted by molar-refractivity contribution is 0.359. The average molecular weight is 240 g/mol. The molecule has 2 nitrogen and oxygen atoms in total. The van der Waals surface area contributed by atoms with Gasteiger partial charge in [0.05, 0.1) is 0 Å². The third-order valence-electron chi connectivity index (χ3n) is 3.72. The van der Waals surface area contributed by atoms with Crippen LogP contribution in [0.5, 0.6) is 0 Å². The van der Waals surface area contributed by atoms with E-state index in [2.05, 4.69) is 24.5 Å². The van der Waals surface area contributed by atoms with E-state index in [1.165, 1.54) is 71.1 Å². The molecule has 1 fully saturated rings. The minimum Gasteiger partial charge on any atom is -0.316 e. The Kier molecular flexibility index (Phi) is 8.72. The molecule has 0 aromatic rings. The van der Waals surface area contributed by atoms with Gasteiger partial charge in [0, 0.05) is 0 Å². The van der Waals surface area contributed by atoms with E-state index in [1.54, 1.807) is 0 Å². The number of piperidine rings is 1. The summed E-state index contributed by atoms with van der Waals surface area (Å²) in [5.41, 5.74) is 0. The van der Waals surface area contributed by atoms with Crippen molar-refractivity contribution >= 4 is 0 Å². The number of hydrogen-bond donors (Lipinski definition) is 2. The minimum atomic E-state index is 0.879. The molecule has 0 unspecified atom stereocenters. The molecule has 0 bridgehead atoms. The van der Waals surface area contributed by atoms with E-state index in [9.17, 15) is 0 Å². The molecule has 1 heterocycles. The van der Waals surface area contributed by atoms with Gasteiger partial charge in [0.15, 0.2) is 0 Å². The molecule has 1 aliphatic rings. The van der Waals surface area contributed by atoms with Gasteiger partial charge in [0.1, 0.15) is 0 Å². The highest BCUT2D eigenvalue weighted by molar-refractivity contribution is 4.70. The standard InChI is InChI=1S/C15H32N2/c1-14(2)8-5-3-4-6-10-16-12-15-9-7-11-17-13-15/h14-17H,3-13H2,1-2H3/t15-/m1/s1. The Labute approximate surface area is 108 Å². The number of hydrogen-bond acceptors (Lipinski definition) is 2. The summed E-state index contributed by atoms with van der Waals surface area (Å²) in [4.78, 5) is 0. The Bertz CT molecular complexity index is 162. The third kappa shape index (κ3) is 8.62. The van der Waals surface area contributed by atoms with Crippen molar-refractivity contribution in [1.29, 1.82) is 0 Å².